The van der Waals surface area contributed by atoms with E-state index in [4.69, 9.17) is 4.74 Å². The van der Waals surface area contributed by atoms with Gasteiger partial charge in [0.15, 0.2) is 5.65 Å². The van der Waals surface area contributed by atoms with Crippen LogP contribution in [0, 0.1) is 11.7 Å². The molecule has 1 aliphatic heterocycles. The summed E-state index contributed by atoms with van der Waals surface area (Å²) in [5, 5.41) is 4.31. The highest BCUT2D eigenvalue weighted by Crippen LogP contribution is 2.25. The van der Waals surface area contributed by atoms with Crippen LogP contribution in [0.5, 0.6) is 5.88 Å². The average molecular weight is 390 g/mol. The van der Waals surface area contributed by atoms with Crippen LogP contribution in [0.3, 0.4) is 0 Å². The van der Waals surface area contributed by atoms with Gasteiger partial charge in [-0.15, -0.1) is 5.10 Å². The summed E-state index contributed by atoms with van der Waals surface area (Å²) in [5.74, 6) is 0.00295. The van der Waals surface area contributed by atoms with Gasteiger partial charge in [-0.05, 0) is 37.0 Å². The molecule has 0 unspecified atom stereocenters. The van der Waals surface area contributed by atoms with E-state index in [9.17, 15) is 12.8 Å². The lowest BCUT2D eigenvalue weighted by molar-refractivity contribution is 0.179. The molecule has 0 N–H and O–H groups in total. The van der Waals surface area contributed by atoms with Gasteiger partial charge in [-0.1, -0.05) is 12.1 Å². The molecule has 142 valence electrons. The van der Waals surface area contributed by atoms with Crippen LogP contribution in [0.1, 0.15) is 12.8 Å². The first-order valence-corrected chi connectivity index (χ1v) is 10.2. The normalized spacial score (nSPS) is 16.6. The maximum Gasteiger partial charge on any atom is 0.245 e. The molecule has 0 atom stereocenters. The van der Waals surface area contributed by atoms with Crippen LogP contribution in [-0.2, 0) is 10.0 Å². The van der Waals surface area contributed by atoms with E-state index < -0.39 is 15.8 Å². The largest absolute Gasteiger partial charge is 0.476 e. The second-order valence-corrected chi connectivity index (χ2v) is 8.40. The fourth-order valence-electron chi connectivity index (χ4n) is 3.19. The number of imidazole rings is 1. The van der Waals surface area contributed by atoms with E-state index in [2.05, 4.69) is 10.1 Å². The average Bonchev–Trinajstić information content (AvgIpc) is 3.15. The number of hydrogen-bond acceptors (Lipinski definition) is 5. The number of nitrogens with zero attached hydrogens (tertiary/aromatic N) is 4. The third-order valence-electron chi connectivity index (χ3n) is 4.73. The smallest absolute Gasteiger partial charge is 0.245 e. The quantitative estimate of drug-likeness (QED) is 0.668. The summed E-state index contributed by atoms with van der Waals surface area (Å²) in [6.45, 7) is 1.15. The summed E-state index contributed by atoms with van der Waals surface area (Å²) in [7, 11) is -3.81. The van der Waals surface area contributed by atoms with Crippen molar-refractivity contribution in [1.29, 1.82) is 0 Å². The molecule has 0 radical (unpaired) electrons. The minimum absolute atomic E-state index is 0.220. The van der Waals surface area contributed by atoms with Crippen molar-refractivity contribution < 1.29 is 17.5 Å². The molecule has 27 heavy (non-hydrogen) atoms. The topological polar surface area (TPSA) is 76.8 Å². The first kappa shape index (κ1) is 17.9. The zero-order chi connectivity index (χ0) is 18.9. The van der Waals surface area contributed by atoms with Gasteiger partial charge in [0.1, 0.15) is 10.7 Å². The molecule has 1 saturated heterocycles. The number of hydrogen-bond donors (Lipinski definition) is 0. The number of rotatable bonds is 5. The van der Waals surface area contributed by atoms with E-state index in [1.54, 1.807) is 23.0 Å². The van der Waals surface area contributed by atoms with E-state index in [-0.39, 0.29) is 10.8 Å². The first-order valence-electron chi connectivity index (χ1n) is 8.72. The molecule has 3 aromatic rings. The van der Waals surface area contributed by atoms with Gasteiger partial charge in [0.05, 0.1) is 6.61 Å². The SMILES string of the molecule is O=S(=O)(c1ccccc1F)N1CCC(COc2ccc3nccn3n2)CC1. The Hall–Kier alpha value is -2.52. The molecule has 0 amide bonds. The minimum Gasteiger partial charge on any atom is -0.476 e. The number of benzene rings is 1. The van der Waals surface area contributed by atoms with Crippen LogP contribution < -0.4 is 4.74 Å². The summed E-state index contributed by atoms with van der Waals surface area (Å²) in [6, 6.07) is 9.06. The van der Waals surface area contributed by atoms with Gasteiger partial charge in [-0.3, -0.25) is 0 Å². The number of sulfonamides is 1. The lowest BCUT2D eigenvalue weighted by Crippen LogP contribution is -2.40. The zero-order valence-corrected chi connectivity index (χ0v) is 15.3. The Morgan fingerprint density at radius 3 is 2.70 bits per heavy atom. The van der Waals surface area contributed by atoms with E-state index >= 15 is 0 Å². The molecular weight excluding hydrogens is 371 g/mol. The molecule has 0 spiro atoms. The zero-order valence-electron chi connectivity index (χ0n) is 14.5. The van der Waals surface area contributed by atoms with Crippen molar-refractivity contribution in [3.63, 3.8) is 0 Å². The lowest BCUT2D eigenvalue weighted by Gasteiger charge is -2.31. The fraction of sp³-hybridized carbons (Fsp3) is 0.333. The van der Waals surface area contributed by atoms with Gasteiger partial charge in [0.25, 0.3) is 0 Å². The highest BCUT2D eigenvalue weighted by Gasteiger charge is 2.31. The second kappa shape index (κ2) is 7.24. The molecule has 2 aromatic heterocycles. The molecule has 0 saturated carbocycles. The standard InChI is InChI=1S/C18H19FN4O3S/c19-15-3-1-2-4-16(15)27(24,25)22-10-7-14(8-11-22)13-26-18-6-5-17-20-9-12-23(17)21-18/h1-6,9,12,14H,7-8,10-11,13H2. The number of piperidine rings is 1. The van der Waals surface area contributed by atoms with Crippen molar-refractivity contribution in [2.75, 3.05) is 19.7 Å². The molecule has 1 aromatic carbocycles. The van der Waals surface area contributed by atoms with Crippen LogP contribution >= 0.6 is 0 Å². The van der Waals surface area contributed by atoms with Gasteiger partial charge < -0.3 is 4.74 Å². The Balaban J connectivity index is 1.35. The summed E-state index contributed by atoms with van der Waals surface area (Å²) in [6.07, 6.45) is 4.72. The van der Waals surface area contributed by atoms with Gasteiger partial charge in [0.2, 0.25) is 15.9 Å². The van der Waals surface area contributed by atoms with E-state index in [1.807, 2.05) is 6.07 Å². The first-order chi connectivity index (χ1) is 13.0. The summed E-state index contributed by atoms with van der Waals surface area (Å²) in [4.78, 5) is 3.86. The molecule has 7 nitrogen and oxygen atoms in total. The predicted octanol–water partition coefficient (Wildman–Crippen LogP) is 2.35. The molecular formula is C18H19FN4O3S. The molecule has 4 rings (SSSR count). The van der Waals surface area contributed by atoms with E-state index in [1.165, 1.54) is 22.5 Å². The summed E-state index contributed by atoms with van der Waals surface area (Å²) in [5.41, 5.74) is 0.744. The Morgan fingerprint density at radius 1 is 1.15 bits per heavy atom. The van der Waals surface area contributed by atoms with Crippen molar-refractivity contribution in [1.82, 2.24) is 18.9 Å². The predicted molar refractivity (Wildman–Crippen MR) is 96.4 cm³/mol. The Kier molecular flexibility index (Phi) is 4.79. The van der Waals surface area contributed by atoms with E-state index in [0.29, 0.717) is 38.4 Å². The number of halogens is 1. The van der Waals surface area contributed by atoms with Gasteiger partial charge in [-0.25, -0.2) is 22.3 Å². The van der Waals surface area contributed by atoms with Crippen molar-refractivity contribution in [3.8, 4) is 5.88 Å². The number of fused-ring (bicyclic) bond motifs is 1. The van der Waals surface area contributed by atoms with Crippen LogP contribution in [-0.4, -0.2) is 47.0 Å². The lowest BCUT2D eigenvalue weighted by atomic mass is 9.99. The van der Waals surface area contributed by atoms with Crippen LogP contribution in [0.15, 0.2) is 53.7 Å². The van der Waals surface area contributed by atoms with Gasteiger partial charge in [0, 0.05) is 31.5 Å². The van der Waals surface area contributed by atoms with E-state index in [0.717, 1.165) is 11.7 Å². The van der Waals surface area contributed by atoms with Crippen LogP contribution in [0.25, 0.3) is 5.65 Å². The third kappa shape index (κ3) is 3.65. The summed E-state index contributed by atoms with van der Waals surface area (Å²) < 4.78 is 47.9. The van der Waals surface area contributed by atoms with Gasteiger partial charge >= 0.3 is 0 Å². The van der Waals surface area contributed by atoms with Crippen molar-refractivity contribution in [2.45, 2.75) is 17.7 Å². The summed E-state index contributed by atoms with van der Waals surface area (Å²) >= 11 is 0. The second-order valence-electron chi connectivity index (χ2n) is 6.49. The Bertz CT molecular complexity index is 1050. The molecule has 9 heteroatoms. The number of ether oxygens (including phenoxy) is 1. The maximum absolute atomic E-state index is 13.9. The molecule has 0 bridgehead atoms. The van der Waals surface area contributed by atoms with Crippen LogP contribution in [0.4, 0.5) is 4.39 Å². The highest BCUT2D eigenvalue weighted by atomic mass is 32.2. The molecule has 3 heterocycles. The minimum atomic E-state index is -3.81. The Morgan fingerprint density at radius 2 is 1.93 bits per heavy atom. The highest BCUT2D eigenvalue weighted by molar-refractivity contribution is 7.89. The van der Waals surface area contributed by atoms with Crippen molar-refractivity contribution in [3.05, 3.63) is 54.6 Å². The molecule has 1 fully saturated rings. The molecule has 1 aliphatic rings. The maximum atomic E-state index is 13.9. The van der Waals surface area contributed by atoms with Crippen molar-refractivity contribution >= 4 is 15.7 Å². The third-order valence-corrected chi connectivity index (χ3v) is 6.66. The van der Waals surface area contributed by atoms with Crippen LogP contribution in [0.2, 0.25) is 0 Å². The number of aromatic nitrogens is 3. The van der Waals surface area contributed by atoms with Crippen molar-refractivity contribution in [2.24, 2.45) is 5.92 Å². The van der Waals surface area contributed by atoms with Gasteiger partial charge in [-0.2, -0.15) is 4.31 Å². The fourth-order valence-corrected chi connectivity index (χ4v) is 4.72. The Labute approximate surface area is 156 Å². The monoisotopic (exact) mass is 390 g/mol. The molecule has 0 aliphatic carbocycles.